The zero-order valence-corrected chi connectivity index (χ0v) is 23.8. The Morgan fingerprint density at radius 1 is 1.20 bits per heavy atom. The standard InChI is InChI=1S/C30H36N4O5.H2S/c1-21(35)34-12-10-26(17-34)32-25-4-2-3-23(13-25)30(37)8-6-27(36)18-33-11-9-22-14-28(7-5-24(22)16-33)38-19-29-15-31-20-39-29;/h2-5,7,13-15,20,26-27,32,36H,6,8-12,16-19H2,1H3;1H2/t26?,27-;/m0./s1. The van der Waals surface area contributed by atoms with Crippen LogP contribution in [-0.2, 0) is 24.4 Å². The van der Waals surface area contributed by atoms with E-state index in [0.29, 0.717) is 43.9 Å². The smallest absolute Gasteiger partial charge is 0.219 e. The minimum Gasteiger partial charge on any atom is -0.486 e. The summed E-state index contributed by atoms with van der Waals surface area (Å²) in [5.74, 6) is 1.60. The molecule has 0 spiro atoms. The van der Waals surface area contributed by atoms with Crippen LogP contribution in [0.3, 0.4) is 0 Å². The van der Waals surface area contributed by atoms with Gasteiger partial charge in [-0.15, -0.1) is 0 Å². The molecule has 5 rings (SSSR count). The Kier molecular flexibility index (Phi) is 10.2. The summed E-state index contributed by atoms with van der Waals surface area (Å²) in [5, 5.41) is 14.1. The molecular weight excluding hydrogens is 528 g/mol. The van der Waals surface area contributed by atoms with Gasteiger partial charge >= 0.3 is 0 Å². The summed E-state index contributed by atoms with van der Waals surface area (Å²) in [5.41, 5.74) is 4.01. The van der Waals surface area contributed by atoms with E-state index in [-0.39, 0.29) is 31.2 Å². The second-order valence-corrected chi connectivity index (χ2v) is 10.5. The average Bonchev–Trinajstić information content (AvgIpc) is 3.63. The van der Waals surface area contributed by atoms with Crippen molar-refractivity contribution >= 4 is 30.9 Å². The Hall–Kier alpha value is -3.34. The third-order valence-electron chi connectivity index (χ3n) is 7.50. The molecule has 1 saturated heterocycles. The van der Waals surface area contributed by atoms with Crippen molar-refractivity contribution in [3.05, 3.63) is 77.5 Å². The monoisotopic (exact) mass is 566 g/mol. The first-order valence-electron chi connectivity index (χ1n) is 13.6. The lowest BCUT2D eigenvalue weighted by Gasteiger charge is -2.30. The van der Waals surface area contributed by atoms with Gasteiger partial charge in [-0.25, -0.2) is 4.98 Å². The van der Waals surface area contributed by atoms with Gasteiger partial charge in [0.25, 0.3) is 0 Å². The number of nitrogens with one attached hydrogen (secondary N) is 1. The van der Waals surface area contributed by atoms with Gasteiger partial charge in [-0.2, -0.15) is 13.5 Å². The fourth-order valence-corrected chi connectivity index (χ4v) is 5.31. The second kappa shape index (κ2) is 13.8. The molecule has 1 unspecified atom stereocenters. The van der Waals surface area contributed by atoms with Gasteiger partial charge in [-0.05, 0) is 54.7 Å². The molecule has 2 aliphatic rings. The quantitative estimate of drug-likeness (QED) is 0.338. The number of aromatic nitrogens is 1. The number of rotatable bonds is 11. The fourth-order valence-electron chi connectivity index (χ4n) is 5.31. The molecule has 2 aromatic carbocycles. The van der Waals surface area contributed by atoms with Crippen molar-refractivity contribution in [3.63, 3.8) is 0 Å². The van der Waals surface area contributed by atoms with Crippen LogP contribution in [0.4, 0.5) is 5.69 Å². The topological polar surface area (TPSA) is 108 Å². The van der Waals surface area contributed by atoms with Crippen LogP contribution in [0.1, 0.15) is 53.4 Å². The molecule has 1 fully saturated rings. The number of ether oxygens (including phenoxy) is 1. The van der Waals surface area contributed by atoms with E-state index in [0.717, 1.165) is 43.9 Å². The number of hydrogen-bond donors (Lipinski definition) is 2. The van der Waals surface area contributed by atoms with Crippen molar-refractivity contribution in [2.24, 2.45) is 0 Å². The molecule has 0 aliphatic carbocycles. The van der Waals surface area contributed by atoms with Crippen molar-refractivity contribution in [2.75, 3.05) is 31.5 Å². The molecule has 9 nitrogen and oxygen atoms in total. The first kappa shape index (κ1) is 29.6. The Morgan fingerprint density at radius 3 is 2.85 bits per heavy atom. The van der Waals surface area contributed by atoms with E-state index in [2.05, 4.69) is 27.3 Å². The highest BCUT2D eigenvalue weighted by Crippen LogP contribution is 2.25. The lowest BCUT2D eigenvalue weighted by molar-refractivity contribution is -0.127. The Labute approximate surface area is 242 Å². The average molecular weight is 567 g/mol. The number of fused-ring (bicyclic) bond motifs is 1. The van der Waals surface area contributed by atoms with Crippen molar-refractivity contribution < 1.29 is 23.8 Å². The molecule has 0 radical (unpaired) electrons. The normalized spacial score (nSPS) is 17.6. The molecule has 2 atom stereocenters. The van der Waals surface area contributed by atoms with E-state index in [4.69, 9.17) is 9.15 Å². The highest BCUT2D eigenvalue weighted by atomic mass is 32.1. The zero-order chi connectivity index (χ0) is 27.2. The molecule has 2 aliphatic heterocycles. The maximum absolute atomic E-state index is 12.9. The van der Waals surface area contributed by atoms with Crippen LogP contribution < -0.4 is 10.1 Å². The Bertz CT molecular complexity index is 1280. The summed E-state index contributed by atoms with van der Waals surface area (Å²) in [7, 11) is 0. The minimum atomic E-state index is -0.572. The minimum absolute atomic E-state index is 0. The third-order valence-corrected chi connectivity index (χ3v) is 7.50. The molecule has 1 amide bonds. The van der Waals surface area contributed by atoms with Gasteiger partial charge in [0.2, 0.25) is 5.91 Å². The summed E-state index contributed by atoms with van der Waals surface area (Å²) in [6.07, 6.45) is 4.95. The Morgan fingerprint density at radius 2 is 2.08 bits per heavy atom. The van der Waals surface area contributed by atoms with Gasteiger partial charge in [0.15, 0.2) is 17.9 Å². The predicted octanol–water partition coefficient (Wildman–Crippen LogP) is 3.78. The highest BCUT2D eigenvalue weighted by molar-refractivity contribution is 7.59. The van der Waals surface area contributed by atoms with Crippen molar-refractivity contribution in [2.45, 2.75) is 57.9 Å². The maximum atomic E-state index is 12.9. The number of aliphatic hydroxyl groups is 1. The van der Waals surface area contributed by atoms with Gasteiger partial charge in [0.05, 0.1) is 12.3 Å². The maximum Gasteiger partial charge on any atom is 0.219 e. The van der Waals surface area contributed by atoms with Crippen LogP contribution in [0.5, 0.6) is 5.75 Å². The van der Waals surface area contributed by atoms with E-state index < -0.39 is 6.10 Å². The number of aliphatic hydroxyl groups excluding tert-OH is 1. The number of amides is 1. The van der Waals surface area contributed by atoms with Crippen LogP contribution in [0.2, 0.25) is 0 Å². The van der Waals surface area contributed by atoms with Gasteiger partial charge in [-0.1, -0.05) is 18.2 Å². The van der Waals surface area contributed by atoms with E-state index in [9.17, 15) is 14.7 Å². The third kappa shape index (κ3) is 7.87. The number of nitrogens with zero attached hydrogens (tertiary/aromatic N) is 3. The summed E-state index contributed by atoms with van der Waals surface area (Å²) >= 11 is 0. The van der Waals surface area contributed by atoms with Crippen molar-refractivity contribution in [1.82, 2.24) is 14.8 Å². The van der Waals surface area contributed by atoms with E-state index in [1.54, 1.807) is 13.1 Å². The zero-order valence-electron chi connectivity index (χ0n) is 22.8. The lowest BCUT2D eigenvalue weighted by Crippen LogP contribution is -2.36. The van der Waals surface area contributed by atoms with Gasteiger partial charge in [-0.3, -0.25) is 14.5 Å². The molecule has 214 valence electrons. The van der Waals surface area contributed by atoms with E-state index in [1.807, 2.05) is 35.2 Å². The number of ketones is 1. The number of oxazole rings is 1. The van der Waals surface area contributed by atoms with Gasteiger partial charge < -0.3 is 24.5 Å². The number of hydrogen-bond acceptors (Lipinski definition) is 8. The molecule has 1 aromatic heterocycles. The molecule has 0 saturated carbocycles. The SMILES string of the molecule is CC(=O)N1CCC(Nc2cccc(C(=O)CC[C@H](O)CN3CCc4cc(OCc5cnco5)ccc4C3)c2)C1.S. The molecular formula is C30H38N4O5S. The van der Waals surface area contributed by atoms with Gasteiger partial charge in [0, 0.05) is 63.4 Å². The highest BCUT2D eigenvalue weighted by Gasteiger charge is 2.24. The fraction of sp³-hybridized carbons (Fsp3) is 0.433. The summed E-state index contributed by atoms with van der Waals surface area (Å²) in [6, 6.07) is 13.8. The summed E-state index contributed by atoms with van der Waals surface area (Å²) in [4.78, 5) is 32.4. The van der Waals surface area contributed by atoms with Crippen LogP contribution in [0, 0.1) is 0 Å². The lowest BCUT2D eigenvalue weighted by atomic mass is 9.98. The van der Waals surface area contributed by atoms with E-state index >= 15 is 0 Å². The molecule has 10 heteroatoms. The molecule has 2 N–H and O–H groups in total. The first-order chi connectivity index (χ1) is 18.9. The van der Waals surface area contributed by atoms with Crippen LogP contribution in [-0.4, -0.2) is 69.9 Å². The van der Waals surface area contributed by atoms with Gasteiger partial charge in [0.1, 0.15) is 12.4 Å². The largest absolute Gasteiger partial charge is 0.486 e. The summed E-state index contributed by atoms with van der Waals surface area (Å²) in [6.45, 7) is 5.52. The second-order valence-electron chi connectivity index (χ2n) is 10.5. The first-order valence-corrected chi connectivity index (χ1v) is 13.6. The number of likely N-dealkylation sites (tertiary alicyclic amines) is 1. The number of Topliss-reactive ketones (excluding diaryl/α,β-unsaturated/α-hetero) is 1. The number of β-amino-alcohol motifs (C(OH)–C–C–N with tert-alkyl or cyclic N) is 1. The molecule has 0 bridgehead atoms. The number of carbonyl (C=O) groups is 2. The molecule has 40 heavy (non-hydrogen) atoms. The van der Waals surface area contributed by atoms with Crippen LogP contribution in [0.15, 0.2) is 59.5 Å². The van der Waals surface area contributed by atoms with E-state index in [1.165, 1.54) is 17.5 Å². The van der Waals surface area contributed by atoms with Crippen molar-refractivity contribution in [1.29, 1.82) is 0 Å². The summed E-state index contributed by atoms with van der Waals surface area (Å²) < 4.78 is 11.0. The Balaban J connectivity index is 0.00000370. The van der Waals surface area contributed by atoms with Crippen molar-refractivity contribution in [3.8, 4) is 5.75 Å². The van der Waals surface area contributed by atoms with Crippen LogP contribution in [0.25, 0.3) is 0 Å². The number of carbonyl (C=O) groups excluding carboxylic acids is 2. The molecule has 3 aromatic rings. The molecule has 3 heterocycles. The predicted molar refractivity (Wildman–Crippen MR) is 157 cm³/mol. The number of benzene rings is 2. The number of anilines is 1. The van der Waals surface area contributed by atoms with Crippen LogP contribution >= 0.6 is 13.5 Å².